The molecule has 2 aromatic carbocycles. The molecule has 2 aromatic rings. The average molecular weight is 380 g/mol. The summed E-state index contributed by atoms with van der Waals surface area (Å²) in [7, 11) is 1.73. The quantitative estimate of drug-likeness (QED) is 0.694. The molecule has 0 saturated heterocycles. The molecule has 0 unspecified atom stereocenters. The Kier molecular flexibility index (Phi) is 6.16. The van der Waals surface area contributed by atoms with Crippen molar-refractivity contribution in [2.24, 2.45) is 0 Å². The molecule has 0 N–H and O–H groups in total. The van der Waals surface area contributed by atoms with E-state index in [0.29, 0.717) is 23.2 Å². The van der Waals surface area contributed by atoms with Crippen LogP contribution in [0.15, 0.2) is 46.9 Å². The summed E-state index contributed by atoms with van der Waals surface area (Å²) in [4.78, 5) is 13.9. The van der Waals surface area contributed by atoms with Crippen molar-refractivity contribution >= 4 is 21.8 Å². The number of ether oxygens (including phenoxy) is 1. The lowest BCUT2D eigenvalue weighted by Gasteiger charge is -2.18. The Balaban J connectivity index is 1.83. The second kappa shape index (κ2) is 8.11. The second-order valence-corrected chi connectivity index (χ2v) is 6.17. The Hall–Kier alpha value is -1.88. The van der Waals surface area contributed by atoms with E-state index in [0.717, 1.165) is 17.7 Å². The number of para-hydroxylation sites is 1. The van der Waals surface area contributed by atoms with E-state index in [9.17, 15) is 9.18 Å². The third-order valence-electron chi connectivity index (χ3n) is 3.50. The average Bonchev–Trinajstić information content (AvgIpc) is 2.52. The van der Waals surface area contributed by atoms with Gasteiger partial charge in [-0.1, -0.05) is 18.2 Å². The number of carbonyl (C=O) groups is 1. The number of rotatable bonds is 6. The van der Waals surface area contributed by atoms with E-state index in [1.54, 1.807) is 11.9 Å². The molecular weight excluding hydrogens is 361 g/mol. The van der Waals surface area contributed by atoms with Gasteiger partial charge in [0, 0.05) is 18.1 Å². The Bertz CT molecular complexity index is 690. The third-order valence-corrected chi connectivity index (χ3v) is 4.15. The van der Waals surface area contributed by atoms with Gasteiger partial charge in [0.25, 0.3) is 5.91 Å². The van der Waals surface area contributed by atoms with E-state index in [1.807, 2.05) is 31.2 Å². The van der Waals surface area contributed by atoms with E-state index in [1.165, 1.54) is 18.2 Å². The number of carbonyl (C=O) groups excluding carboxylic acids is 1. The largest absolute Gasteiger partial charge is 0.493 e. The van der Waals surface area contributed by atoms with Crippen molar-refractivity contribution in [2.45, 2.75) is 13.3 Å². The van der Waals surface area contributed by atoms with E-state index in [2.05, 4.69) is 15.9 Å². The number of hydrogen-bond donors (Lipinski definition) is 0. The summed E-state index contributed by atoms with van der Waals surface area (Å²) in [5.41, 5.74) is 1.54. The fraction of sp³-hybridized carbons (Fsp3) is 0.278. The summed E-state index contributed by atoms with van der Waals surface area (Å²) in [5.74, 6) is 0.346. The molecule has 0 aliphatic heterocycles. The van der Waals surface area contributed by atoms with Gasteiger partial charge in [0.15, 0.2) is 0 Å². The molecule has 0 atom stereocenters. The van der Waals surface area contributed by atoms with E-state index in [4.69, 9.17) is 4.74 Å². The maximum absolute atomic E-state index is 13.1. The summed E-state index contributed by atoms with van der Waals surface area (Å²) in [6.45, 7) is 3.10. The van der Waals surface area contributed by atoms with Gasteiger partial charge in [0.2, 0.25) is 0 Å². The summed E-state index contributed by atoms with van der Waals surface area (Å²) >= 11 is 3.22. The van der Waals surface area contributed by atoms with Crippen LogP contribution in [-0.2, 0) is 0 Å². The lowest BCUT2D eigenvalue weighted by Crippen LogP contribution is -2.29. The first kappa shape index (κ1) is 17.5. The van der Waals surface area contributed by atoms with Crippen LogP contribution in [0.25, 0.3) is 0 Å². The van der Waals surface area contributed by atoms with Crippen molar-refractivity contribution in [2.75, 3.05) is 20.2 Å². The van der Waals surface area contributed by atoms with Crippen molar-refractivity contribution in [1.29, 1.82) is 0 Å². The Morgan fingerprint density at radius 2 is 2.00 bits per heavy atom. The Labute approximate surface area is 144 Å². The smallest absolute Gasteiger partial charge is 0.254 e. The van der Waals surface area contributed by atoms with Gasteiger partial charge in [-0.05, 0) is 59.1 Å². The molecule has 0 heterocycles. The predicted octanol–water partition coefficient (Wildman–Crippen LogP) is 4.44. The molecule has 0 fully saturated rings. The van der Waals surface area contributed by atoms with Crippen LogP contribution in [0.5, 0.6) is 5.75 Å². The highest BCUT2D eigenvalue weighted by molar-refractivity contribution is 9.10. The van der Waals surface area contributed by atoms with Crippen molar-refractivity contribution in [3.05, 3.63) is 63.9 Å². The van der Waals surface area contributed by atoms with Crippen molar-refractivity contribution in [3.63, 3.8) is 0 Å². The van der Waals surface area contributed by atoms with Crippen LogP contribution in [0.2, 0.25) is 0 Å². The number of aryl methyl sites for hydroxylation is 1. The fourth-order valence-electron chi connectivity index (χ4n) is 2.17. The normalized spacial score (nSPS) is 10.4. The van der Waals surface area contributed by atoms with Gasteiger partial charge in [0.05, 0.1) is 12.2 Å². The molecule has 0 aromatic heterocycles. The zero-order valence-electron chi connectivity index (χ0n) is 13.2. The monoisotopic (exact) mass is 379 g/mol. The minimum atomic E-state index is -0.372. The lowest BCUT2D eigenvalue weighted by molar-refractivity contribution is 0.0787. The number of hydrogen-bond acceptors (Lipinski definition) is 2. The summed E-state index contributed by atoms with van der Waals surface area (Å²) in [6.07, 6.45) is 0.718. The number of benzene rings is 2. The van der Waals surface area contributed by atoms with Crippen LogP contribution < -0.4 is 4.74 Å². The van der Waals surface area contributed by atoms with Gasteiger partial charge in [0.1, 0.15) is 11.6 Å². The summed E-state index contributed by atoms with van der Waals surface area (Å²) < 4.78 is 19.3. The van der Waals surface area contributed by atoms with Crippen LogP contribution in [-0.4, -0.2) is 31.0 Å². The molecule has 0 aliphatic carbocycles. The summed E-state index contributed by atoms with van der Waals surface area (Å²) in [6, 6.07) is 11.9. The fourth-order valence-corrected chi connectivity index (χ4v) is 2.69. The molecule has 2 rings (SSSR count). The van der Waals surface area contributed by atoms with E-state index < -0.39 is 0 Å². The lowest BCUT2D eigenvalue weighted by atomic mass is 10.2. The van der Waals surface area contributed by atoms with Crippen LogP contribution in [0.3, 0.4) is 0 Å². The molecule has 1 amide bonds. The highest BCUT2D eigenvalue weighted by atomic mass is 79.9. The number of amides is 1. The van der Waals surface area contributed by atoms with Gasteiger partial charge in [-0.3, -0.25) is 4.79 Å². The van der Waals surface area contributed by atoms with E-state index in [-0.39, 0.29) is 11.7 Å². The molecule has 0 aliphatic rings. The van der Waals surface area contributed by atoms with Gasteiger partial charge >= 0.3 is 0 Å². The molecular formula is C18H19BrFNO2. The van der Waals surface area contributed by atoms with Gasteiger partial charge in [-0.25, -0.2) is 4.39 Å². The first-order chi connectivity index (χ1) is 11.0. The maximum Gasteiger partial charge on any atom is 0.254 e. The van der Waals surface area contributed by atoms with E-state index >= 15 is 0 Å². The predicted molar refractivity (Wildman–Crippen MR) is 92.4 cm³/mol. The van der Waals surface area contributed by atoms with Crippen LogP contribution in [0, 0.1) is 12.7 Å². The summed E-state index contributed by atoms with van der Waals surface area (Å²) in [5, 5.41) is 0. The Morgan fingerprint density at radius 1 is 1.26 bits per heavy atom. The topological polar surface area (TPSA) is 29.5 Å². The molecule has 23 heavy (non-hydrogen) atoms. The van der Waals surface area contributed by atoms with Gasteiger partial charge in [-0.2, -0.15) is 0 Å². The molecule has 3 nitrogen and oxygen atoms in total. The highest BCUT2D eigenvalue weighted by Crippen LogP contribution is 2.20. The highest BCUT2D eigenvalue weighted by Gasteiger charge is 2.15. The molecule has 5 heteroatoms. The molecule has 0 spiro atoms. The second-order valence-electron chi connectivity index (χ2n) is 5.32. The maximum atomic E-state index is 13.1. The standard InChI is InChI=1S/C18H19BrFNO2/c1-13-6-3-4-7-17(13)23-11-5-10-21(2)18(22)15-9-8-14(20)12-16(15)19/h3-4,6-9,12H,5,10-11H2,1-2H3. The molecule has 0 bridgehead atoms. The van der Waals surface area contributed by atoms with Crippen LogP contribution in [0.1, 0.15) is 22.3 Å². The third kappa shape index (κ3) is 4.79. The molecule has 122 valence electrons. The van der Waals surface area contributed by atoms with Crippen LogP contribution >= 0.6 is 15.9 Å². The van der Waals surface area contributed by atoms with Crippen molar-refractivity contribution in [3.8, 4) is 5.75 Å². The first-order valence-electron chi connectivity index (χ1n) is 7.38. The zero-order chi connectivity index (χ0) is 16.8. The van der Waals surface area contributed by atoms with Gasteiger partial charge in [-0.15, -0.1) is 0 Å². The Morgan fingerprint density at radius 3 is 2.70 bits per heavy atom. The van der Waals surface area contributed by atoms with Gasteiger partial charge < -0.3 is 9.64 Å². The zero-order valence-corrected chi connectivity index (χ0v) is 14.8. The number of nitrogens with zero attached hydrogens (tertiary/aromatic N) is 1. The van der Waals surface area contributed by atoms with Crippen molar-refractivity contribution < 1.29 is 13.9 Å². The first-order valence-corrected chi connectivity index (χ1v) is 8.17. The minimum absolute atomic E-state index is 0.146. The molecule has 0 saturated carbocycles. The van der Waals surface area contributed by atoms with Crippen LogP contribution in [0.4, 0.5) is 4.39 Å². The minimum Gasteiger partial charge on any atom is -0.493 e. The SMILES string of the molecule is Cc1ccccc1OCCCN(C)C(=O)c1ccc(F)cc1Br. The van der Waals surface area contributed by atoms with Crippen molar-refractivity contribution in [1.82, 2.24) is 4.90 Å². The molecule has 0 radical (unpaired) electrons. The number of halogens is 2.